The number of hydrogen-bond acceptors (Lipinski definition) is 4. The van der Waals surface area contributed by atoms with Crippen LogP contribution in [-0.2, 0) is 14.6 Å². The molecule has 0 radical (unpaired) electrons. The summed E-state index contributed by atoms with van der Waals surface area (Å²) in [5.41, 5.74) is 5.38. The molecule has 1 aromatic rings. The van der Waals surface area contributed by atoms with E-state index >= 15 is 0 Å². The summed E-state index contributed by atoms with van der Waals surface area (Å²) < 4.78 is 37.5. The van der Waals surface area contributed by atoms with Crippen LogP contribution in [0.15, 0.2) is 29.2 Å². The van der Waals surface area contributed by atoms with Crippen LogP contribution in [0.1, 0.15) is 32.6 Å². The third kappa shape index (κ3) is 4.29. The number of nitrogens with two attached hydrogens (primary N) is 1. The third-order valence-corrected chi connectivity index (χ3v) is 6.36. The first-order valence-corrected chi connectivity index (χ1v) is 9.44. The predicted octanol–water partition coefficient (Wildman–Crippen LogP) is 1.62. The van der Waals surface area contributed by atoms with Crippen molar-refractivity contribution >= 4 is 15.7 Å². The van der Waals surface area contributed by atoms with Gasteiger partial charge in [0.2, 0.25) is 5.91 Å². The molecule has 1 aromatic carbocycles. The molecule has 23 heavy (non-hydrogen) atoms. The topological polar surface area (TPSA) is 89.3 Å². The Labute approximate surface area is 136 Å². The highest BCUT2D eigenvalue weighted by Gasteiger charge is 2.35. The zero-order valence-corrected chi connectivity index (χ0v) is 14.0. The number of rotatable bonds is 6. The second-order valence-corrected chi connectivity index (χ2v) is 8.35. The average Bonchev–Trinajstić information content (AvgIpc) is 2.96. The number of amides is 1. The molecular weight excluding hydrogens is 319 g/mol. The van der Waals surface area contributed by atoms with Crippen LogP contribution in [-0.4, -0.2) is 32.2 Å². The molecule has 2 rings (SSSR count). The van der Waals surface area contributed by atoms with Crippen LogP contribution in [0.4, 0.5) is 4.39 Å². The summed E-state index contributed by atoms with van der Waals surface area (Å²) in [6.45, 7) is 1.94. The molecule has 1 saturated carbocycles. The second kappa shape index (κ2) is 6.97. The van der Waals surface area contributed by atoms with Gasteiger partial charge in [0.1, 0.15) is 5.82 Å². The lowest BCUT2D eigenvalue weighted by Crippen LogP contribution is -2.53. The van der Waals surface area contributed by atoms with Crippen molar-refractivity contribution in [2.75, 3.05) is 12.3 Å². The minimum Gasteiger partial charge on any atom is -0.349 e. The molecule has 0 spiro atoms. The number of hydrogen-bond donors (Lipinski definition) is 2. The maximum Gasteiger partial charge on any atom is 0.224 e. The van der Waals surface area contributed by atoms with Crippen LogP contribution in [0.5, 0.6) is 0 Å². The van der Waals surface area contributed by atoms with Crippen molar-refractivity contribution in [3.8, 4) is 0 Å². The van der Waals surface area contributed by atoms with Gasteiger partial charge in [0.25, 0.3) is 0 Å². The number of carbonyl (C=O) groups excluding carboxylic acids is 1. The van der Waals surface area contributed by atoms with Gasteiger partial charge in [-0.3, -0.25) is 4.79 Å². The first kappa shape index (κ1) is 17.9. The molecule has 1 aliphatic carbocycles. The number of sulfone groups is 1. The van der Waals surface area contributed by atoms with Gasteiger partial charge < -0.3 is 11.1 Å². The lowest BCUT2D eigenvalue weighted by Gasteiger charge is -2.30. The van der Waals surface area contributed by atoms with Gasteiger partial charge in [-0.2, -0.15) is 0 Å². The zero-order valence-electron chi connectivity index (χ0n) is 13.2. The lowest BCUT2D eigenvalue weighted by atomic mass is 9.97. The third-order valence-electron chi connectivity index (χ3n) is 4.43. The Morgan fingerprint density at radius 3 is 2.39 bits per heavy atom. The van der Waals surface area contributed by atoms with Gasteiger partial charge in [-0.15, -0.1) is 0 Å². The summed E-state index contributed by atoms with van der Waals surface area (Å²) in [4.78, 5) is 12.4. The van der Waals surface area contributed by atoms with Crippen molar-refractivity contribution in [3.63, 3.8) is 0 Å². The number of benzene rings is 1. The monoisotopic (exact) mass is 342 g/mol. The Kier molecular flexibility index (Phi) is 5.41. The number of nitrogens with one attached hydrogen (secondary N) is 1. The van der Waals surface area contributed by atoms with Gasteiger partial charge in [-0.25, -0.2) is 12.8 Å². The molecule has 1 aliphatic rings. The minimum atomic E-state index is -3.64. The second-order valence-electron chi connectivity index (χ2n) is 6.32. The molecule has 3 N–H and O–H groups in total. The summed E-state index contributed by atoms with van der Waals surface area (Å²) in [6, 6.07) is 4.63. The fourth-order valence-electron chi connectivity index (χ4n) is 2.96. The van der Waals surface area contributed by atoms with Crippen LogP contribution in [0.2, 0.25) is 0 Å². The first-order chi connectivity index (χ1) is 10.8. The average molecular weight is 342 g/mol. The highest BCUT2D eigenvalue weighted by atomic mass is 32.2. The normalized spacial score (nSPS) is 18.6. The molecule has 0 aliphatic heterocycles. The Hall–Kier alpha value is -1.47. The van der Waals surface area contributed by atoms with Gasteiger partial charge in [-0.05, 0) is 37.1 Å². The summed E-state index contributed by atoms with van der Waals surface area (Å²) in [5, 5.41) is 2.94. The number of halogens is 1. The smallest absolute Gasteiger partial charge is 0.224 e. The van der Waals surface area contributed by atoms with Crippen LogP contribution in [0, 0.1) is 11.7 Å². The van der Waals surface area contributed by atoms with Crippen molar-refractivity contribution in [3.05, 3.63) is 30.1 Å². The van der Waals surface area contributed by atoms with E-state index < -0.39 is 27.1 Å². The van der Waals surface area contributed by atoms with E-state index in [0.29, 0.717) is 6.54 Å². The summed E-state index contributed by atoms with van der Waals surface area (Å²) in [7, 11) is -3.64. The highest BCUT2D eigenvalue weighted by Crippen LogP contribution is 2.29. The standard InChI is InChI=1S/C16H23FN2O3S/c1-12(15(20)19-16(11-18)8-2-3-9-16)10-23(21,22)14-6-4-13(17)5-7-14/h4-7,12H,2-3,8-11,18H2,1H3,(H,19,20). The highest BCUT2D eigenvalue weighted by molar-refractivity contribution is 7.91. The van der Waals surface area contributed by atoms with E-state index in [9.17, 15) is 17.6 Å². The van der Waals surface area contributed by atoms with E-state index in [0.717, 1.165) is 37.8 Å². The quantitative estimate of drug-likeness (QED) is 0.769. The molecule has 128 valence electrons. The fraction of sp³-hybridized carbons (Fsp3) is 0.562. The molecule has 0 aromatic heterocycles. The van der Waals surface area contributed by atoms with E-state index in [2.05, 4.69) is 5.32 Å². The molecular formula is C16H23FN2O3S. The van der Waals surface area contributed by atoms with E-state index in [1.165, 1.54) is 12.1 Å². The SMILES string of the molecule is CC(CS(=O)(=O)c1ccc(F)cc1)C(=O)NC1(CN)CCCC1. The molecule has 0 heterocycles. The molecule has 1 amide bonds. The Balaban J connectivity index is 2.04. The van der Waals surface area contributed by atoms with Crippen LogP contribution < -0.4 is 11.1 Å². The van der Waals surface area contributed by atoms with Gasteiger partial charge in [-0.1, -0.05) is 19.8 Å². The van der Waals surface area contributed by atoms with E-state index in [-0.39, 0.29) is 16.6 Å². The van der Waals surface area contributed by atoms with Gasteiger partial charge in [0.05, 0.1) is 16.2 Å². The lowest BCUT2D eigenvalue weighted by molar-refractivity contribution is -0.125. The van der Waals surface area contributed by atoms with Crippen molar-refractivity contribution < 1.29 is 17.6 Å². The van der Waals surface area contributed by atoms with Gasteiger partial charge in [0, 0.05) is 12.5 Å². The fourth-order valence-corrected chi connectivity index (χ4v) is 4.51. The maximum atomic E-state index is 12.9. The van der Waals surface area contributed by atoms with Gasteiger partial charge >= 0.3 is 0 Å². The van der Waals surface area contributed by atoms with Crippen molar-refractivity contribution in [1.82, 2.24) is 5.32 Å². The van der Waals surface area contributed by atoms with Crippen LogP contribution in [0.3, 0.4) is 0 Å². The minimum absolute atomic E-state index is 0.0213. The summed E-state index contributed by atoms with van der Waals surface area (Å²) in [5.74, 6) is -1.82. The molecule has 0 bridgehead atoms. The molecule has 1 unspecified atom stereocenters. The zero-order chi connectivity index (χ0) is 17.1. The first-order valence-electron chi connectivity index (χ1n) is 7.78. The van der Waals surface area contributed by atoms with Crippen molar-refractivity contribution in [2.45, 2.75) is 43.0 Å². The Morgan fingerprint density at radius 1 is 1.30 bits per heavy atom. The summed E-state index contributed by atoms with van der Waals surface area (Å²) >= 11 is 0. The predicted molar refractivity (Wildman–Crippen MR) is 86.0 cm³/mol. The van der Waals surface area contributed by atoms with Crippen molar-refractivity contribution in [2.24, 2.45) is 11.7 Å². The summed E-state index contributed by atoms with van der Waals surface area (Å²) in [6.07, 6.45) is 3.68. The van der Waals surface area contributed by atoms with E-state index in [1.807, 2.05) is 0 Å². The number of carbonyl (C=O) groups is 1. The maximum absolute atomic E-state index is 12.9. The Bertz CT molecular complexity index is 652. The molecule has 1 atom stereocenters. The van der Waals surface area contributed by atoms with Crippen LogP contribution in [0.25, 0.3) is 0 Å². The van der Waals surface area contributed by atoms with Crippen molar-refractivity contribution in [1.29, 1.82) is 0 Å². The molecule has 5 nitrogen and oxygen atoms in total. The van der Waals surface area contributed by atoms with Gasteiger partial charge in [0.15, 0.2) is 9.84 Å². The van der Waals surface area contributed by atoms with Crippen LogP contribution >= 0.6 is 0 Å². The Morgan fingerprint density at radius 2 is 1.87 bits per heavy atom. The molecule has 0 saturated heterocycles. The van der Waals surface area contributed by atoms with E-state index in [4.69, 9.17) is 5.73 Å². The largest absolute Gasteiger partial charge is 0.349 e. The molecule has 1 fully saturated rings. The van der Waals surface area contributed by atoms with E-state index in [1.54, 1.807) is 6.92 Å². The molecule has 7 heteroatoms.